The summed E-state index contributed by atoms with van der Waals surface area (Å²) in [5, 5.41) is 13.5. The molecule has 2 rings (SSSR count). The first-order chi connectivity index (χ1) is 9.58. The maximum atomic E-state index is 11.8. The molecular weight excluding hydrogens is 252 g/mol. The van der Waals surface area contributed by atoms with E-state index in [9.17, 15) is 9.90 Å². The van der Waals surface area contributed by atoms with Gasteiger partial charge in [0.1, 0.15) is 5.75 Å². The molecule has 0 saturated heterocycles. The largest absolute Gasteiger partial charge is 0.507 e. The SMILES string of the molecule is Cc1ccc(/C=N\NC(=O)c2ccccc2O)c(C)c1. The second-order valence-electron chi connectivity index (χ2n) is 4.58. The number of aromatic hydroxyl groups is 1. The molecule has 0 aromatic heterocycles. The number of phenolic OH excluding ortho intramolecular Hbond substituents is 1. The van der Waals surface area contributed by atoms with Gasteiger partial charge >= 0.3 is 0 Å². The van der Waals surface area contributed by atoms with Crippen LogP contribution in [-0.2, 0) is 0 Å². The lowest BCUT2D eigenvalue weighted by Gasteiger charge is -2.03. The number of rotatable bonds is 3. The van der Waals surface area contributed by atoms with Crippen LogP contribution in [0.3, 0.4) is 0 Å². The van der Waals surface area contributed by atoms with Gasteiger partial charge in [0.15, 0.2) is 0 Å². The van der Waals surface area contributed by atoms with Gasteiger partial charge in [0, 0.05) is 0 Å². The number of hydrogen-bond donors (Lipinski definition) is 2. The molecule has 0 saturated carbocycles. The normalized spacial score (nSPS) is 10.7. The molecule has 2 aromatic carbocycles. The Morgan fingerprint density at radius 1 is 1.20 bits per heavy atom. The van der Waals surface area contributed by atoms with Gasteiger partial charge in [-0.2, -0.15) is 5.10 Å². The van der Waals surface area contributed by atoms with Crippen molar-refractivity contribution in [2.75, 3.05) is 0 Å². The molecule has 4 heteroatoms. The number of carbonyl (C=O) groups excluding carboxylic acids is 1. The highest BCUT2D eigenvalue weighted by molar-refractivity contribution is 5.97. The van der Waals surface area contributed by atoms with Crippen molar-refractivity contribution < 1.29 is 9.90 Å². The van der Waals surface area contributed by atoms with E-state index in [1.807, 2.05) is 32.0 Å². The minimum Gasteiger partial charge on any atom is -0.507 e. The zero-order valence-corrected chi connectivity index (χ0v) is 11.4. The Kier molecular flexibility index (Phi) is 4.15. The number of para-hydroxylation sites is 1. The summed E-state index contributed by atoms with van der Waals surface area (Å²) in [4.78, 5) is 11.8. The van der Waals surface area contributed by atoms with E-state index in [1.165, 1.54) is 17.7 Å². The van der Waals surface area contributed by atoms with E-state index >= 15 is 0 Å². The van der Waals surface area contributed by atoms with Gasteiger partial charge in [0.05, 0.1) is 11.8 Å². The molecule has 4 nitrogen and oxygen atoms in total. The Hall–Kier alpha value is -2.62. The van der Waals surface area contributed by atoms with Gasteiger partial charge in [-0.25, -0.2) is 5.43 Å². The molecule has 0 aliphatic heterocycles. The number of amides is 1. The number of hydrazone groups is 1. The van der Waals surface area contributed by atoms with Crippen LogP contribution < -0.4 is 5.43 Å². The molecule has 0 bridgehead atoms. The van der Waals surface area contributed by atoms with E-state index in [2.05, 4.69) is 10.5 Å². The number of benzene rings is 2. The first kappa shape index (κ1) is 13.8. The first-order valence-electron chi connectivity index (χ1n) is 6.26. The lowest BCUT2D eigenvalue weighted by atomic mass is 10.1. The van der Waals surface area contributed by atoms with Crippen LogP contribution >= 0.6 is 0 Å². The fourth-order valence-electron chi connectivity index (χ4n) is 1.86. The Morgan fingerprint density at radius 2 is 1.95 bits per heavy atom. The first-order valence-corrected chi connectivity index (χ1v) is 6.26. The number of phenols is 1. The highest BCUT2D eigenvalue weighted by atomic mass is 16.3. The number of nitrogens with one attached hydrogen (secondary N) is 1. The Labute approximate surface area is 117 Å². The molecule has 0 aliphatic rings. The molecule has 102 valence electrons. The molecule has 0 unspecified atom stereocenters. The minimum atomic E-state index is -0.441. The van der Waals surface area contributed by atoms with E-state index < -0.39 is 5.91 Å². The van der Waals surface area contributed by atoms with E-state index in [-0.39, 0.29) is 11.3 Å². The highest BCUT2D eigenvalue weighted by Crippen LogP contribution is 2.15. The second kappa shape index (κ2) is 6.02. The third kappa shape index (κ3) is 3.23. The smallest absolute Gasteiger partial charge is 0.275 e. The topological polar surface area (TPSA) is 61.7 Å². The van der Waals surface area contributed by atoms with Crippen LogP contribution in [0.4, 0.5) is 0 Å². The number of aryl methyl sites for hydroxylation is 2. The van der Waals surface area contributed by atoms with Crippen molar-refractivity contribution in [3.8, 4) is 5.75 Å². The van der Waals surface area contributed by atoms with Crippen molar-refractivity contribution in [2.24, 2.45) is 5.10 Å². The van der Waals surface area contributed by atoms with E-state index in [0.717, 1.165) is 11.1 Å². The van der Waals surface area contributed by atoms with Crippen LogP contribution in [0.1, 0.15) is 27.0 Å². The number of carbonyl (C=O) groups is 1. The summed E-state index contributed by atoms with van der Waals surface area (Å²) < 4.78 is 0. The Bertz CT molecular complexity index is 663. The predicted octanol–water partition coefficient (Wildman–Crippen LogP) is 2.77. The fourth-order valence-corrected chi connectivity index (χ4v) is 1.86. The number of nitrogens with zero attached hydrogens (tertiary/aromatic N) is 1. The van der Waals surface area contributed by atoms with Gasteiger partial charge in [-0.05, 0) is 37.1 Å². The van der Waals surface area contributed by atoms with Crippen LogP contribution in [0.5, 0.6) is 5.75 Å². The summed E-state index contributed by atoms with van der Waals surface area (Å²) >= 11 is 0. The quantitative estimate of drug-likeness (QED) is 0.664. The predicted molar refractivity (Wildman–Crippen MR) is 79.1 cm³/mol. The summed E-state index contributed by atoms with van der Waals surface area (Å²) in [7, 11) is 0. The lowest BCUT2D eigenvalue weighted by Crippen LogP contribution is -2.17. The third-order valence-electron chi connectivity index (χ3n) is 2.94. The Balaban J connectivity index is 2.07. The van der Waals surface area contributed by atoms with Crippen LogP contribution in [0.15, 0.2) is 47.6 Å². The van der Waals surface area contributed by atoms with Gasteiger partial charge in [-0.15, -0.1) is 0 Å². The molecule has 0 aliphatic carbocycles. The van der Waals surface area contributed by atoms with Gasteiger partial charge in [0.25, 0.3) is 5.91 Å². The Morgan fingerprint density at radius 3 is 2.65 bits per heavy atom. The zero-order valence-electron chi connectivity index (χ0n) is 11.4. The lowest BCUT2D eigenvalue weighted by molar-refractivity contribution is 0.0952. The van der Waals surface area contributed by atoms with Crippen molar-refractivity contribution in [3.63, 3.8) is 0 Å². The summed E-state index contributed by atoms with van der Waals surface area (Å²) in [5.74, 6) is -0.504. The highest BCUT2D eigenvalue weighted by Gasteiger charge is 2.08. The maximum Gasteiger partial charge on any atom is 0.275 e. The van der Waals surface area contributed by atoms with Gasteiger partial charge in [-0.1, -0.05) is 35.9 Å². The monoisotopic (exact) mass is 268 g/mol. The average molecular weight is 268 g/mol. The molecule has 2 N–H and O–H groups in total. The molecule has 0 atom stereocenters. The molecule has 2 aromatic rings. The number of hydrogen-bond acceptors (Lipinski definition) is 3. The molecule has 0 fully saturated rings. The van der Waals surface area contributed by atoms with E-state index in [4.69, 9.17) is 0 Å². The molecule has 0 radical (unpaired) electrons. The van der Waals surface area contributed by atoms with Crippen molar-refractivity contribution in [1.82, 2.24) is 5.43 Å². The molecule has 0 heterocycles. The van der Waals surface area contributed by atoms with Crippen LogP contribution in [-0.4, -0.2) is 17.2 Å². The summed E-state index contributed by atoms with van der Waals surface area (Å²) in [5.41, 5.74) is 5.81. The molecule has 0 spiro atoms. The summed E-state index contributed by atoms with van der Waals surface area (Å²) in [6.07, 6.45) is 1.59. The van der Waals surface area contributed by atoms with Crippen LogP contribution in [0.2, 0.25) is 0 Å². The van der Waals surface area contributed by atoms with Gasteiger partial charge < -0.3 is 5.11 Å². The van der Waals surface area contributed by atoms with Crippen molar-refractivity contribution in [2.45, 2.75) is 13.8 Å². The van der Waals surface area contributed by atoms with Crippen LogP contribution in [0.25, 0.3) is 0 Å². The van der Waals surface area contributed by atoms with Crippen molar-refractivity contribution in [1.29, 1.82) is 0 Å². The third-order valence-corrected chi connectivity index (χ3v) is 2.94. The van der Waals surface area contributed by atoms with Crippen LogP contribution in [0, 0.1) is 13.8 Å². The van der Waals surface area contributed by atoms with Crippen molar-refractivity contribution >= 4 is 12.1 Å². The van der Waals surface area contributed by atoms with Crippen molar-refractivity contribution in [3.05, 3.63) is 64.7 Å². The van der Waals surface area contributed by atoms with Gasteiger partial charge in [-0.3, -0.25) is 4.79 Å². The fraction of sp³-hybridized carbons (Fsp3) is 0.125. The van der Waals surface area contributed by atoms with E-state index in [1.54, 1.807) is 18.3 Å². The summed E-state index contributed by atoms with van der Waals surface area (Å²) in [6.45, 7) is 4.01. The molecule has 1 amide bonds. The second-order valence-corrected chi connectivity index (χ2v) is 4.58. The zero-order chi connectivity index (χ0) is 14.5. The summed E-state index contributed by atoms with van der Waals surface area (Å²) in [6, 6.07) is 12.3. The molecule has 20 heavy (non-hydrogen) atoms. The minimum absolute atomic E-state index is 0.0632. The molecular formula is C16H16N2O2. The van der Waals surface area contributed by atoms with Gasteiger partial charge in [0.2, 0.25) is 0 Å². The van der Waals surface area contributed by atoms with E-state index in [0.29, 0.717) is 0 Å². The average Bonchev–Trinajstić information content (AvgIpc) is 2.41. The maximum absolute atomic E-state index is 11.8. The standard InChI is InChI=1S/C16H16N2O2/c1-11-7-8-13(12(2)9-11)10-17-18-16(20)14-5-3-4-6-15(14)19/h3-10,19H,1-2H3,(H,18,20)/b17-10-.